The fourth-order valence-corrected chi connectivity index (χ4v) is 2.32. The third-order valence-corrected chi connectivity index (χ3v) is 3.23. The van der Waals surface area contributed by atoms with Gasteiger partial charge in [-0.2, -0.15) is 0 Å². The highest BCUT2D eigenvalue weighted by Gasteiger charge is 2.24. The molecule has 1 aromatic heterocycles. The Balaban J connectivity index is 1.89. The van der Waals surface area contributed by atoms with Gasteiger partial charge >= 0.3 is 0 Å². The second-order valence-electron chi connectivity index (χ2n) is 4.54. The van der Waals surface area contributed by atoms with Crippen LogP contribution in [0.2, 0.25) is 0 Å². The number of nitrogens with zero attached hydrogens (tertiary/aromatic N) is 3. The Morgan fingerprint density at radius 3 is 2.50 bits per heavy atom. The van der Waals surface area contributed by atoms with Gasteiger partial charge in [-0.15, -0.1) is 0 Å². The molecule has 2 rings (SSSR count). The molecule has 1 saturated heterocycles. The minimum Gasteiger partial charge on any atom is -0.247 e. The van der Waals surface area contributed by atoms with E-state index in [4.69, 9.17) is 0 Å². The molecule has 0 saturated carbocycles. The Morgan fingerprint density at radius 2 is 1.88 bits per heavy atom. The highest BCUT2D eigenvalue weighted by Crippen LogP contribution is 2.20. The minimum absolute atomic E-state index is 0.604. The smallest absolute Gasteiger partial charge is 0.143 e. The first-order chi connectivity index (χ1) is 7.77. The number of nitrogens with one attached hydrogen (secondary N) is 1. The summed E-state index contributed by atoms with van der Waals surface area (Å²) in [5, 5.41) is 2.35. The van der Waals surface area contributed by atoms with E-state index in [1.165, 1.54) is 19.3 Å². The summed E-state index contributed by atoms with van der Waals surface area (Å²) in [6.45, 7) is 5.26. The number of aromatic nitrogens is 2. The van der Waals surface area contributed by atoms with Crippen LogP contribution in [0.15, 0.2) is 18.5 Å². The van der Waals surface area contributed by atoms with Crippen molar-refractivity contribution in [1.29, 1.82) is 0 Å². The molecule has 4 nitrogen and oxygen atoms in total. The molecule has 0 bridgehead atoms. The highest BCUT2D eigenvalue weighted by atomic mass is 15.5. The van der Waals surface area contributed by atoms with Crippen LogP contribution in [0, 0.1) is 0 Å². The number of hydrogen-bond acceptors (Lipinski definition) is 4. The summed E-state index contributed by atoms with van der Waals surface area (Å²) in [4.78, 5) is 8.43. The van der Waals surface area contributed by atoms with Crippen molar-refractivity contribution in [3.8, 4) is 0 Å². The number of rotatable bonds is 3. The molecule has 16 heavy (non-hydrogen) atoms. The third kappa shape index (κ3) is 2.77. The first-order valence-electron chi connectivity index (χ1n) is 6.05. The van der Waals surface area contributed by atoms with Crippen LogP contribution in [0.1, 0.15) is 38.9 Å². The van der Waals surface area contributed by atoms with Gasteiger partial charge in [0.05, 0.1) is 6.54 Å². The Bertz CT molecular complexity index is 304. The summed E-state index contributed by atoms with van der Waals surface area (Å²) in [5.74, 6) is 0.854. The molecule has 1 aliphatic heterocycles. The maximum absolute atomic E-state index is 4.21. The van der Waals surface area contributed by atoms with Crippen molar-refractivity contribution in [3.05, 3.63) is 24.3 Å². The fourth-order valence-electron chi connectivity index (χ4n) is 2.32. The van der Waals surface area contributed by atoms with Crippen molar-refractivity contribution >= 4 is 0 Å². The Morgan fingerprint density at radius 1 is 1.25 bits per heavy atom. The second kappa shape index (κ2) is 5.37. The van der Waals surface area contributed by atoms with Crippen LogP contribution in [0.3, 0.4) is 0 Å². The number of piperidine rings is 1. The molecule has 1 aromatic rings. The van der Waals surface area contributed by atoms with Crippen molar-refractivity contribution in [2.24, 2.45) is 0 Å². The van der Waals surface area contributed by atoms with Gasteiger partial charge in [-0.05, 0) is 32.8 Å². The van der Waals surface area contributed by atoms with E-state index in [-0.39, 0.29) is 0 Å². The predicted molar refractivity (Wildman–Crippen MR) is 63.5 cm³/mol. The molecule has 4 heteroatoms. The zero-order chi connectivity index (χ0) is 11.4. The maximum Gasteiger partial charge on any atom is 0.143 e. The summed E-state index contributed by atoms with van der Waals surface area (Å²) < 4.78 is 0. The second-order valence-corrected chi connectivity index (χ2v) is 4.54. The molecular formula is C12H20N4. The lowest BCUT2D eigenvalue weighted by Crippen LogP contribution is -2.51. The Labute approximate surface area is 97.1 Å². The zero-order valence-electron chi connectivity index (χ0n) is 10.1. The van der Waals surface area contributed by atoms with E-state index < -0.39 is 0 Å². The lowest BCUT2D eigenvalue weighted by atomic mass is 10.00. The first-order valence-corrected chi connectivity index (χ1v) is 6.05. The van der Waals surface area contributed by atoms with Crippen LogP contribution in [0.25, 0.3) is 0 Å². The lowest BCUT2D eigenvalue weighted by Gasteiger charge is -2.38. The molecule has 2 heterocycles. The molecule has 0 radical (unpaired) electrons. The van der Waals surface area contributed by atoms with E-state index >= 15 is 0 Å². The molecule has 0 spiro atoms. The summed E-state index contributed by atoms with van der Waals surface area (Å²) >= 11 is 0. The molecule has 2 atom stereocenters. The zero-order valence-corrected chi connectivity index (χ0v) is 10.1. The Kier molecular flexibility index (Phi) is 3.85. The van der Waals surface area contributed by atoms with Gasteiger partial charge in [0.1, 0.15) is 5.82 Å². The summed E-state index contributed by atoms with van der Waals surface area (Å²) in [6.07, 6.45) is 7.45. The van der Waals surface area contributed by atoms with Crippen LogP contribution in [0.4, 0.5) is 0 Å². The lowest BCUT2D eigenvalue weighted by molar-refractivity contribution is 0.0426. The normalized spacial score (nSPS) is 26.9. The molecule has 1 fully saturated rings. The molecule has 0 aliphatic carbocycles. The molecule has 0 amide bonds. The van der Waals surface area contributed by atoms with Crippen LogP contribution in [-0.2, 0) is 6.54 Å². The summed E-state index contributed by atoms with van der Waals surface area (Å²) in [7, 11) is 0. The third-order valence-electron chi connectivity index (χ3n) is 3.23. The SMILES string of the molecule is CC1CCCC(C)N1NCc1ncccn1. The van der Waals surface area contributed by atoms with Crippen molar-refractivity contribution < 1.29 is 0 Å². The molecule has 88 valence electrons. The largest absolute Gasteiger partial charge is 0.247 e. The van der Waals surface area contributed by atoms with Crippen LogP contribution >= 0.6 is 0 Å². The van der Waals surface area contributed by atoms with E-state index in [1.807, 2.05) is 6.07 Å². The van der Waals surface area contributed by atoms with Gasteiger partial charge in [-0.1, -0.05) is 6.42 Å². The van der Waals surface area contributed by atoms with Gasteiger partial charge in [-0.25, -0.2) is 20.4 Å². The van der Waals surface area contributed by atoms with Crippen LogP contribution in [-0.4, -0.2) is 27.1 Å². The number of hydrazine groups is 1. The van der Waals surface area contributed by atoms with Crippen molar-refractivity contribution in [2.45, 2.75) is 51.7 Å². The first kappa shape index (κ1) is 11.5. The molecular weight excluding hydrogens is 200 g/mol. The van der Waals surface area contributed by atoms with E-state index in [1.54, 1.807) is 12.4 Å². The quantitative estimate of drug-likeness (QED) is 0.842. The average Bonchev–Trinajstić information content (AvgIpc) is 2.30. The van der Waals surface area contributed by atoms with E-state index in [0.717, 1.165) is 12.4 Å². The minimum atomic E-state index is 0.604. The molecule has 0 aromatic carbocycles. The van der Waals surface area contributed by atoms with Crippen LogP contribution < -0.4 is 5.43 Å². The molecule has 1 N–H and O–H groups in total. The molecule has 2 unspecified atom stereocenters. The van der Waals surface area contributed by atoms with Gasteiger partial charge in [0.15, 0.2) is 0 Å². The van der Waals surface area contributed by atoms with E-state index in [2.05, 4.69) is 34.3 Å². The fraction of sp³-hybridized carbons (Fsp3) is 0.667. The van der Waals surface area contributed by atoms with Gasteiger partial charge in [-0.3, -0.25) is 0 Å². The highest BCUT2D eigenvalue weighted by molar-refractivity contribution is 4.88. The Hall–Kier alpha value is -1.00. The number of hydrogen-bond donors (Lipinski definition) is 1. The topological polar surface area (TPSA) is 41.0 Å². The van der Waals surface area contributed by atoms with Gasteiger partial charge in [0.25, 0.3) is 0 Å². The standard InChI is InChI=1S/C12H20N4/c1-10-5-3-6-11(2)16(10)15-9-12-13-7-4-8-14-12/h4,7-8,10-11,15H,3,5-6,9H2,1-2H3. The summed E-state index contributed by atoms with van der Waals surface area (Å²) in [6, 6.07) is 3.05. The monoisotopic (exact) mass is 220 g/mol. The van der Waals surface area contributed by atoms with Gasteiger partial charge < -0.3 is 0 Å². The van der Waals surface area contributed by atoms with Crippen molar-refractivity contribution in [2.75, 3.05) is 0 Å². The maximum atomic E-state index is 4.21. The van der Waals surface area contributed by atoms with E-state index in [0.29, 0.717) is 12.1 Å². The van der Waals surface area contributed by atoms with Gasteiger partial charge in [0, 0.05) is 24.5 Å². The molecule has 1 aliphatic rings. The van der Waals surface area contributed by atoms with Gasteiger partial charge in [0.2, 0.25) is 0 Å². The summed E-state index contributed by atoms with van der Waals surface area (Å²) in [5.41, 5.74) is 3.45. The van der Waals surface area contributed by atoms with Crippen molar-refractivity contribution in [3.63, 3.8) is 0 Å². The van der Waals surface area contributed by atoms with Crippen LogP contribution in [0.5, 0.6) is 0 Å². The van der Waals surface area contributed by atoms with E-state index in [9.17, 15) is 0 Å². The average molecular weight is 220 g/mol. The van der Waals surface area contributed by atoms with Crippen molar-refractivity contribution in [1.82, 2.24) is 20.4 Å². The predicted octanol–water partition coefficient (Wildman–Crippen LogP) is 1.74.